The standard InChI is InChI=1S/C16H14ClFO2/c1-10-6-16(14(11(2)19)8-15(10)18)20-9-12-4-3-5-13(17)7-12/h3-8H,9H2,1-2H3. The second-order valence-electron chi connectivity index (χ2n) is 4.57. The summed E-state index contributed by atoms with van der Waals surface area (Å²) in [4.78, 5) is 11.5. The van der Waals surface area contributed by atoms with E-state index in [1.807, 2.05) is 12.1 Å². The van der Waals surface area contributed by atoms with Crippen LogP contribution in [0.2, 0.25) is 5.02 Å². The lowest BCUT2D eigenvalue weighted by Crippen LogP contribution is -2.03. The summed E-state index contributed by atoms with van der Waals surface area (Å²) in [5.74, 6) is -0.258. The van der Waals surface area contributed by atoms with Gasteiger partial charge in [0, 0.05) is 5.02 Å². The molecule has 2 aromatic carbocycles. The maximum Gasteiger partial charge on any atom is 0.163 e. The first kappa shape index (κ1) is 14.5. The number of rotatable bonds is 4. The SMILES string of the molecule is CC(=O)c1cc(F)c(C)cc1OCc1cccc(Cl)c1. The van der Waals surface area contributed by atoms with Crippen LogP contribution < -0.4 is 4.74 Å². The third kappa shape index (κ3) is 3.36. The van der Waals surface area contributed by atoms with Crippen molar-refractivity contribution in [1.29, 1.82) is 0 Å². The van der Waals surface area contributed by atoms with Crippen molar-refractivity contribution in [3.05, 3.63) is 63.9 Å². The van der Waals surface area contributed by atoms with Crippen LogP contribution in [0.4, 0.5) is 4.39 Å². The second-order valence-corrected chi connectivity index (χ2v) is 5.01. The number of carbonyl (C=O) groups is 1. The lowest BCUT2D eigenvalue weighted by molar-refractivity contribution is 0.101. The molecule has 0 fully saturated rings. The Kier molecular flexibility index (Phi) is 4.40. The Morgan fingerprint density at radius 2 is 2.05 bits per heavy atom. The summed E-state index contributed by atoms with van der Waals surface area (Å²) in [6.07, 6.45) is 0. The summed E-state index contributed by atoms with van der Waals surface area (Å²) in [6, 6.07) is 10.00. The van der Waals surface area contributed by atoms with Gasteiger partial charge in [-0.05, 0) is 49.2 Å². The molecule has 0 bridgehead atoms. The van der Waals surface area contributed by atoms with Crippen molar-refractivity contribution in [2.75, 3.05) is 0 Å². The number of hydrogen-bond donors (Lipinski definition) is 0. The normalized spacial score (nSPS) is 10.4. The Hall–Kier alpha value is -1.87. The first-order chi connectivity index (χ1) is 9.47. The van der Waals surface area contributed by atoms with E-state index in [0.29, 0.717) is 16.3 Å². The molecule has 0 radical (unpaired) electrons. The molecule has 4 heteroatoms. The smallest absolute Gasteiger partial charge is 0.163 e. The average molecular weight is 293 g/mol. The van der Waals surface area contributed by atoms with Crippen LogP contribution in [-0.4, -0.2) is 5.78 Å². The summed E-state index contributed by atoms with van der Waals surface area (Å²) in [7, 11) is 0. The molecule has 2 rings (SSSR count). The lowest BCUT2D eigenvalue weighted by Gasteiger charge is -2.11. The molecule has 0 unspecified atom stereocenters. The van der Waals surface area contributed by atoms with Crippen LogP contribution in [0.25, 0.3) is 0 Å². The number of halogens is 2. The molecule has 20 heavy (non-hydrogen) atoms. The van der Waals surface area contributed by atoms with Crippen LogP contribution in [0.15, 0.2) is 36.4 Å². The zero-order valence-corrected chi connectivity index (χ0v) is 12.0. The van der Waals surface area contributed by atoms with Gasteiger partial charge in [0.25, 0.3) is 0 Å². The summed E-state index contributed by atoms with van der Waals surface area (Å²) in [5, 5.41) is 0.619. The summed E-state index contributed by atoms with van der Waals surface area (Å²) in [6.45, 7) is 3.29. The van der Waals surface area contributed by atoms with Crippen molar-refractivity contribution in [3.63, 3.8) is 0 Å². The number of ether oxygens (including phenoxy) is 1. The van der Waals surface area contributed by atoms with E-state index in [2.05, 4.69) is 0 Å². The van der Waals surface area contributed by atoms with Gasteiger partial charge in [-0.1, -0.05) is 23.7 Å². The fourth-order valence-corrected chi connectivity index (χ4v) is 2.05. The third-order valence-corrected chi connectivity index (χ3v) is 3.16. The highest BCUT2D eigenvalue weighted by atomic mass is 35.5. The average Bonchev–Trinajstić information content (AvgIpc) is 2.39. The van der Waals surface area contributed by atoms with Crippen LogP contribution in [0.3, 0.4) is 0 Å². The maximum atomic E-state index is 13.5. The van der Waals surface area contributed by atoms with Crippen molar-refractivity contribution in [2.24, 2.45) is 0 Å². The molecule has 0 heterocycles. The molecule has 0 spiro atoms. The monoisotopic (exact) mass is 292 g/mol. The zero-order chi connectivity index (χ0) is 14.7. The van der Waals surface area contributed by atoms with Crippen molar-refractivity contribution in [3.8, 4) is 5.75 Å². The van der Waals surface area contributed by atoms with E-state index in [1.165, 1.54) is 19.1 Å². The number of ketones is 1. The van der Waals surface area contributed by atoms with Gasteiger partial charge in [0.2, 0.25) is 0 Å². The van der Waals surface area contributed by atoms with Crippen molar-refractivity contribution in [1.82, 2.24) is 0 Å². The number of aryl methyl sites for hydroxylation is 1. The Morgan fingerprint density at radius 1 is 1.30 bits per heavy atom. The molecule has 2 aromatic rings. The molecule has 104 valence electrons. The molecule has 0 amide bonds. The minimum atomic E-state index is -0.412. The molecule has 0 N–H and O–H groups in total. The third-order valence-electron chi connectivity index (χ3n) is 2.92. The first-order valence-electron chi connectivity index (χ1n) is 6.15. The van der Waals surface area contributed by atoms with Gasteiger partial charge in [0.1, 0.15) is 18.2 Å². The summed E-state index contributed by atoms with van der Waals surface area (Å²) < 4.78 is 19.1. The van der Waals surface area contributed by atoms with E-state index < -0.39 is 5.82 Å². The van der Waals surface area contributed by atoms with E-state index in [9.17, 15) is 9.18 Å². The van der Waals surface area contributed by atoms with E-state index in [4.69, 9.17) is 16.3 Å². The Bertz CT molecular complexity index is 653. The minimum absolute atomic E-state index is 0.231. The number of Topliss-reactive ketones (excluding diaryl/α,β-unsaturated/α-hetero) is 1. The lowest BCUT2D eigenvalue weighted by atomic mass is 10.1. The van der Waals surface area contributed by atoms with Gasteiger partial charge in [-0.3, -0.25) is 4.79 Å². The van der Waals surface area contributed by atoms with Crippen molar-refractivity contribution < 1.29 is 13.9 Å². The molecule has 0 aliphatic carbocycles. The van der Waals surface area contributed by atoms with Crippen LogP contribution in [0, 0.1) is 12.7 Å². The fraction of sp³-hybridized carbons (Fsp3) is 0.188. The molecule has 0 aliphatic rings. The first-order valence-corrected chi connectivity index (χ1v) is 6.53. The van der Waals surface area contributed by atoms with Crippen LogP contribution in [-0.2, 0) is 6.61 Å². The van der Waals surface area contributed by atoms with E-state index in [-0.39, 0.29) is 18.0 Å². The number of carbonyl (C=O) groups excluding carboxylic acids is 1. The molecule has 0 saturated carbocycles. The quantitative estimate of drug-likeness (QED) is 0.772. The minimum Gasteiger partial charge on any atom is -0.488 e. The largest absolute Gasteiger partial charge is 0.488 e. The molecule has 0 saturated heterocycles. The highest BCUT2D eigenvalue weighted by molar-refractivity contribution is 6.30. The van der Waals surface area contributed by atoms with Crippen molar-refractivity contribution in [2.45, 2.75) is 20.5 Å². The number of benzene rings is 2. The summed E-state index contributed by atoms with van der Waals surface area (Å²) >= 11 is 5.90. The van der Waals surface area contributed by atoms with Gasteiger partial charge in [-0.2, -0.15) is 0 Å². The predicted molar refractivity (Wildman–Crippen MR) is 76.9 cm³/mol. The Balaban J connectivity index is 2.24. The topological polar surface area (TPSA) is 26.3 Å². The van der Waals surface area contributed by atoms with Crippen LogP contribution in [0.5, 0.6) is 5.75 Å². The van der Waals surface area contributed by atoms with Crippen molar-refractivity contribution >= 4 is 17.4 Å². The number of hydrogen-bond acceptors (Lipinski definition) is 2. The molecule has 0 aromatic heterocycles. The van der Waals surface area contributed by atoms with Crippen LogP contribution >= 0.6 is 11.6 Å². The highest BCUT2D eigenvalue weighted by Crippen LogP contribution is 2.24. The molecule has 0 atom stereocenters. The molecular formula is C16H14ClFO2. The Morgan fingerprint density at radius 3 is 2.70 bits per heavy atom. The van der Waals surface area contributed by atoms with Gasteiger partial charge in [0.05, 0.1) is 5.56 Å². The van der Waals surface area contributed by atoms with Gasteiger partial charge < -0.3 is 4.74 Å². The molecule has 0 aliphatic heterocycles. The highest BCUT2D eigenvalue weighted by Gasteiger charge is 2.12. The van der Waals surface area contributed by atoms with Crippen LogP contribution in [0.1, 0.15) is 28.4 Å². The van der Waals surface area contributed by atoms with Gasteiger partial charge in [-0.25, -0.2) is 4.39 Å². The van der Waals surface area contributed by atoms with Gasteiger partial charge in [0.15, 0.2) is 5.78 Å². The maximum absolute atomic E-state index is 13.5. The Labute approximate surface area is 122 Å². The zero-order valence-electron chi connectivity index (χ0n) is 11.2. The molecule has 2 nitrogen and oxygen atoms in total. The van der Waals surface area contributed by atoms with Gasteiger partial charge in [-0.15, -0.1) is 0 Å². The van der Waals surface area contributed by atoms with Gasteiger partial charge >= 0.3 is 0 Å². The van der Waals surface area contributed by atoms with E-state index >= 15 is 0 Å². The summed E-state index contributed by atoms with van der Waals surface area (Å²) in [5.41, 5.74) is 1.57. The fourth-order valence-electron chi connectivity index (χ4n) is 1.84. The second kappa shape index (κ2) is 6.06. The molecular weight excluding hydrogens is 279 g/mol. The van der Waals surface area contributed by atoms with E-state index in [0.717, 1.165) is 5.56 Å². The van der Waals surface area contributed by atoms with E-state index in [1.54, 1.807) is 19.1 Å². The predicted octanol–water partition coefficient (Wildman–Crippen LogP) is 4.57.